The van der Waals surface area contributed by atoms with Crippen LogP contribution in [0.4, 0.5) is 20.6 Å². The van der Waals surface area contributed by atoms with Crippen molar-refractivity contribution in [1.82, 2.24) is 14.3 Å². The summed E-state index contributed by atoms with van der Waals surface area (Å²) in [5.41, 5.74) is 0.927. The molecule has 4 amide bonds. The third-order valence-electron chi connectivity index (χ3n) is 5.37. The van der Waals surface area contributed by atoms with E-state index in [-0.39, 0.29) is 10.6 Å². The van der Waals surface area contributed by atoms with Crippen LogP contribution in [0.1, 0.15) is 5.69 Å². The fourth-order valence-corrected chi connectivity index (χ4v) is 4.31. The maximum absolute atomic E-state index is 13.0. The molecule has 0 aliphatic carbocycles. The molecule has 184 valence electrons. The molecule has 2 aromatic carbocycles. The van der Waals surface area contributed by atoms with E-state index in [2.05, 4.69) is 10.6 Å². The lowest BCUT2D eigenvalue weighted by molar-refractivity contribution is -0.127. The average Bonchev–Trinajstić information content (AvgIpc) is 3.22. The second kappa shape index (κ2) is 10.0. The summed E-state index contributed by atoms with van der Waals surface area (Å²) in [6.45, 7) is 1.01. The molecule has 1 fully saturated rings. The molecule has 0 atom stereocenters. The van der Waals surface area contributed by atoms with Crippen LogP contribution in [-0.4, -0.2) is 43.8 Å². The SMILES string of the molecule is Cc1c(NC(=O)CN2C(=O)S/C(=C\C(=O)Nc3ccc(F)cc3)C2=O)c(=O)n(-c2ccccc2)n1C. The normalized spacial score (nSPS) is 14.4. The standard InChI is InChI=1S/C24H20FN5O5S/c1-14-21(23(34)30(28(14)2)17-6-4-3-5-7-17)27-20(32)13-29-22(33)18(36-24(29)35)12-19(31)26-16-10-8-15(25)9-11-16/h3-12H,13H2,1-2H3,(H,26,31)(H,27,32)/b18-12-. The zero-order valence-electron chi connectivity index (χ0n) is 19.1. The van der Waals surface area contributed by atoms with Gasteiger partial charge >= 0.3 is 0 Å². The molecule has 1 aliphatic rings. The number of para-hydroxylation sites is 1. The number of benzene rings is 2. The van der Waals surface area contributed by atoms with Crippen LogP contribution in [0, 0.1) is 12.7 Å². The number of amides is 4. The van der Waals surface area contributed by atoms with Crippen molar-refractivity contribution in [2.24, 2.45) is 7.05 Å². The van der Waals surface area contributed by atoms with Crippen molar-refractivity contribution >= 4 is 46.1 Å². The Morgan fingerprint density at radius 1 is 1.00 bits per heavy atom. The zero-order chi connectivity index (χ0) is 26.0. The summed E-state index contributed by atoms with van der Waals surface area (Å²) in [7, 11) is 1.66. The van der Waals surface area contributed by atoms with Gasteiger partial charge in [0, 0.05) is 18.8 Å². The zero-order valence-corrected chi connectivity index (χ0v) is 20.0. The number of imide groups is 1. The van der Waals surface area contributed by atoms with Gasteiger partial charge in [0.25, 0.3) is 16.7 Å². The number of rotatable bonds is 6. The van der Waals surface area contributed by atoms with Gasteiger partial charge in [0.2, 0.25) is 11.8 Å². The molecule has 4 rings (SSSR count). The van der Waals surface area contributed by atoms with E-state index in [4.69, 9.17) is 0 Å². The lowest BCUT2D eigenvalue weighted by Gasteiger charge is -2.11. The fourth-order valence-electron chi connectivity index (χ4n) is 3.50. The molecule has 3 aromatic rings. The highest BCUT2D eigenvalue weighted by atomic mass is 32.2. The molecular formula is C24H20FN5O5S. The molecule has 0 bridgehead atoms. The Morgan fingerprint density at radius 2 is 1.67 bits per heavy atom. The molecule has 36 heavy (non-hydrogen) atoms. The summed E-state index contributed by atoms with van der Waals surface area (Å²) in [4.78, 5) is 63.3. The van der Waals surface area contributed by atoms with Crippen LogP contribution in [-0.2, 0) is 21.4 Å². The van der Waals surface area contributed by atoms with Crippen LogP contribution in [0.2, 0.25) is 0 Å². The van der Waals surface area contributed by atoms with Gasteiger partial charge in [-0.1, -0.05) is 18.2 Å². The van der Waals surface area contributed by atoms with Gasteiger partial charge in [0.1, 0.15) is 18.0 Å². The summed E-state index contributed by atoms with van der Waals surface area (Å²) in [5, 5.41) is 4.22. The first-order valence-corrected chi connectivity index (χ1v) is 11.4. The van der Waals surface area contributed by atoms with Gasteiger partial charge in [0.15, 0.2) is 0 Å². The summed E-state index contributed by atoms with van der Waals surface area (Å²) in [6.07, 6.45) is 0.937. The number of carbonyl (C=O) groups is 4. The summed E-state index contributed by atoms with van der Waals surface area (Å²) in [6, 6.07) is 13.8. The predicted octanol–water partition coefficient (Wildman–Crippen LogP) is 2.78. The third kappa shape index (κ3) is 4.98. The predicted molar refractivity (Wildman–Crippen MR) is 132 cm³/mol. The van der Waals surface area contributed by atoms with E-state index < -0.39 is 40.9 Å². The van der Waals surface area contributed by atoms with Crippen LogP contribution in [0.15, 0.2) is 70.4 Å². The Balaban J connectivity index is 1.45. The van der Waals surface area contributed by atoms with Gasteiger partial charge in [0.05, 0.1) is 16.3 Å². The number of nitrogens with zero attached hydrogens (tertiary/aromatic N) is 3. The molecule has 12 heteroatoms. The Hall–Kier alpha value is -4.45. The number of nitrogens with one attached hydrogen (secondary N) is 2. The highest BCUT2D eigenvalue weighted by Gasteiger charge is 2.37. The van der Waals surface area contributed by atoms with Crippen molar-refractivity contribution < 1.29 is 23.6 Å². The van der Waals surface area contributed by atoms with E-state index >= 15 is 0 Å². The molecular weight excluding hydrogens is 489 g/mol. The van der Waals surface area contributed by atoms with Crippen LogP contribution < -0.4 is 16.2 Å². The summed E-state index contributed by atoms with van der Waals surface area (Å²) >= 11 is 0.509. The van der Waals surface area contributed by atoms with Gasteiger partial charge < -0.3 is 10.6 Å². The van der Waals surface area contributed by atoms with Crippen LogP contribution >= 0.6 is 11.8 Å². The molecule has 2 N–H and O–H groups in total. The van der Waals surface area contributed by atoms with Gasteiger partial charge in [-0.15, -0.1) is 0 Å². The first kappa shape index (κ1) is 24.7. The van der Waals surface area contributed by atoms with Crippen molar-refractivity contribution in [3.05, 3.63) is 87.4 Å². The smallest absolute Gasteiger partial charge is 0.295 e. The summed E-state index contributed by atoms with van der Waals surface area (Å²) < 4.78 is 16.0. The molecule has 0 radical (unpaired) electrons. The Bertz CT molecular complexity index is 1460. The average molecular weight is 510 g/mol. The largest absolute Gasteiger partial charge is 0.322 e. The first-order valence-electron chi connectivity index (χ1n) is 10.6. The third-order valence-corrected chi connectivity index (χ3v) is 6.28. The van der Waals surface area contributed by atoms with E-state index in [0.29, 0.717) is 33.7 Å². The van der Waals surface area contributed by atoms with Crippen molar-refractivity contribution in [2.75, 3.05) is 17.2 Å². The van der Waals surface area contributed by atoms with E-state index in [9.17, 15) is 28.4 Å². The number of hydrogen-bond acceptors (Lipinski definition) is 6. The number of carbonyl (C=O) groups excluding carboxylic acids is 4. The molecule has 0 spiro atoms. The number of thioether (sulfide) groups is 1. The van der Waals surface area contributed by atoms with Crippen molar-refractivity contribution in [1.29, 1.82) is 0 Å². The molecule has 1 aromatic heterocycles. The van der Waals surface area contributed by atoms with E-state index in [1.54, 1.807) is 42.9 Å². The summed E-state index contributed by atoms with van der Waals surface area (Å²) in [5.74, 6) is -2.74. The second-order valence-electron chi connectivity index (χ2n) is 7.75. The minimum atomic E-state index is -0.819. The molecule has 0 saturated carbocycles. The van der Waals surface area contributed by atoms with Gasteiger partial charge in [-0.2, -0.15) is 0 Å². The van der Waals surface area contributed by atoms with E-state index in [1.165, 1.54) is 16.8 Å². The first-order chi connectivity index (χ1) is 17.2. The Kier molecular flexibility index (Phi) is 6.88. The van der Waals surface area contributed by atoms with Crippen molar-refractivity contribution in [2.45, 2.75) is 6.92 Å². The maximum atomic E-state index is 13.0. The molecule has 2 heterocycles. The molecule has 1 saturated heterocycles. The van der Waals surface area contributed by atoms with Crippen molar-refractivity contribution in [3.63, 3.8) is 0 Å². The van der Waals surface area contributed by atoms with Gasteiger partial charge in [-0.05, 0) is 55.1 Å². The van der Waals surface area contributed by atoms with Crippen LogP contribution in [0.3, 0.4) is 0 Å². The number of anilines is 2. The monoisotopic (exact) mass is 509 g/mol. The second-order valence-corrected chi connectivity index (χ2v) is 8.74. The highest BCUT2D eigenvalue weighted by molar-refractivity contribution is 8.18. The number of aromatic nitrogens is 2. The Morgan fingerprint density at radius 3 is 2.33 bits per heavy atom. The number of halogens is 1. The quantitative estimate of drug-likeness (QED) is 0.493. The number of hydrogen-bond donors (Lipinski definition) is 2. The fraction of sp³-hybridized carbons (Fsp3) is 0.125. The lowest BCUT2D eigenvalue weighted by atomic mass is 10.3. The van der Waals surface area contributed by atoms with Crippen molar-refractivity contribution in [3.8, 4) is 5.69 Å². The van der Waals surface area contributed by atoms with Gasteiger partial charge in [-0.3, -0.25) is 33.6 Å². The minimum absolute atomic E-state index is 0.0209. The highest BCUT2D eigenvalue weighted by Crippen LogP contribution is 2.30. The van der Waals surface area contributed by atoms with Crippen LogP contribution in [0.5, 0.6) is 0 Å². The molecule has 10 nitrogen and oxygen atoms in total. The minimum Gasteiger partial charge on any atom is -0.322 e. The van der Waals surface area contributed by atoms with Crippen LogP contribution in [0.25, 0.3) is 5.69 Å². The molecule has 1 aliphatic heterocycles. The Labute approximate surface area is 208 Å². The maximum Gasteiger partial charge on any atom is 0.295 e. The van der Waals surface area contributed by atoms with Gasteiger partial charge in [-0.25, -0.2) is 9.07 Å². The topological polar surface area (TPSA) is 123 Å². The van der Waals surface area contributed by atoms with E-state index in [1.807, 2.05) is 6.07 Å². The lowest BCUT2D eigenvalue weighted by Crippen LogP contribution is -2.37. The van der Waals surface area contributed by atoms with E-state index in [0.717, 1.165) is 18.2 Å². The molecule has 0 unspecified atom stereocenters.